The maximum Gasteiger partial charge on any atom is 0.244 e. The average molecular weight is 559 g/mol. The summed E-state index contributed by atoms with van der Waals surface area (Å²) in [5, 5.41) is 11.3. The number of ether oxygens (including phenoxy) is 3. The zero-order valence-corrected chi connectivity index (χ0v) is 22.2. The number of piperidine rings is 1. The molecule has 0 saturated carbocycles. The first-order valence-electron chi connectivity index (χ1n) is 11.5. The molecule has 0 aliphatic carbocycles. The molecule has 1 N–H and O–H groups in total. The number of sulfonamides is 1. The Bertz CT molecular complexity index is 1210. The van der Waals surface area contributed by atoms with Crippen LogP contribution in [0.1, 0.15) is 19.3 Å². The van der Waals surface area contributed by atoms with Gasteiger partial charge in [-0.2, -0.15) is 4.31 Å². The second kappa shape index (κ2) is 11.0. The first kappa shape index (κ1) is 26.8. The van der Waals surface area contributed by atoms with Gasteiger partial charge in [0.05, 0.1) is 37.8 Å². The molecule has 9 nitrogen and oxygen atoms in total. The molecule has 4 rings (SSSR count). The molecular weight excluding hydrogens is 531 g/mol. The highest BCUT2D eigenvalue weighted by molar-refractivity contribution is 7.89. The van der Waals surface area contributed by atoms with Crippen LogP contribution in [0, 0.1) is 0 Å². The first-order chi connectivity index (χ1) is 17.1. The van der Waals surface area contributed by atoms with E-state index in [1.807, 2.05) is 0 Å². The van der Waals surface area contributed by atoms with Crippen molar-refractivity contribution in [2.45, 2.75) is 42.3 Å². The number of rotatable bonds is 8. The molecule has 2 aliphatic heterocycles. The van der Waals surface area contributed by atoms with Gasteiger partial charge in [-0.3, -0.25) is 4.79 Å². The highest BCUT2D eigenvalue weighted by atomic mass is 35.5. The van der Waals surface area contributed by atoms with Crippen LogP contribution >= 0.6 is 23.2 Å². The van der Waals surface area contributed by atoms with E-state index < -0.39 is 28.2 Å². The van der Waals surface area contributed by atoms with Gasteiger partial charge in [-0.1, -0.05) is 23.2 Å². The first-order valence-corrected chi connectivity index (χ1v) is 13.7. The molecule has 2 aromatic carbocycles. The molecule has 3 atom stereocenters. The fourth-order valence-electron chi connectivity index (χ4n) is 4.77. The largest absolute Gasteiger partial charge is 0.493 e. The van der Waals surface area contributed by atoms with Crippen molar-refractivity contribution >= 4 is 39.1 Å². The minimum atomic E-state index is -4.16. The second-order valence-corrected chi connectivity index (χ2v) is 11.4. The minimum absolute atomic E-state index is 0.00237. The topological polar surface area (TPSA) is 106 Å². The Hall–Kier alpha value is -2.24. The number of benzene rings is 2. The molecule has 2 saturated heterocycles. The summed E-state index contributed by atoms with van der Waals surface area (Å²) in [5.41, 5.74) is 0. The van der Waals surface area contributed by atoms with Crippen LogP contribution in [0.25, 0.3) is 0 Å². The molecule has 3 unspecified atom stereocenters. The van der Waals surface area contributed by atoms with Crippen LogP contribution in [0.4, 0.5) is 0 Å². The summed E-state index contributed by atoms with van der Waals surface area (Å²) in [7, 11) is -1.10. The summed E-state index contributed by atoms with van der Waals surface area (Å²) >= 11 is 12.1. The number of hydrogen-bond donors (Lipinski definition) is 1. The van der Waals surface area contributed by atoms with Gasteiger partial charge in [-0.05, 0) is 49.6 Å². The molecule has 2 aromatic rings. The number of halogens is 2. The second-order valence-electron chi connectivity index (χ2n) is 8.67. The Morgan fingerprint density at radius 1 is 1.03 bits per heavy atom. The third-order valence-corrected chi connectivity index (χ3v) is 8.80. The number of β-amino-alcohol motifs (C(OH)–C–C–N with tert-alkyl or cyclic N) is 1. The van der Waals surface area contributed by atoms with E-state index in [0.717, 1.165) is 4.31 Å². The molecule has 2 bridgehead atoms. The number of amides is 1. The summed E-state index contributed by atoms with van der Waals surface area (Å²) in [5.74, 6) is 1.22. The molecule has 2 aliphatic rings. The molecule has 0 aromatic heterocycles. The Balaban J connectivity index is 1.54. The molecule has 0 radical (unpaired) electrons. The van der Waals surface area contributed by atoms with Crippen molar-refractivity contribution in [3.8, 4) is 17.2 Å². The van der Waals surface area contributed by atoms with Gasteiger partial charge >= 0.3 is 0 Å². The minimum Gasteiger partial charge on any atom is -0.493 e. The van der Waals surface area contributed by atoms with Gasteiger partial charge in [0.25, 0.3) is 0 Å². The van der Waals surface area contributed by atoms with Crippen molar-refractivity contribution in [1.29, 1.82) is 0 Å². The monoisotopic (exact) mass is 558 g/mol. The summed E-state index contributed by atoms with van der Waals surface area (Å²) in [6.45, 7) is 0.309. The SMILES string of the molecule is COc1ccc(OCCN2CC(O)C3CCCC(C2=O)N3S(=O)(=O)c2cc(Cl)cc(Cl)c2)cc1OC. The number of methoxy groups -OCH3 is 2. The number of hydrogen-bond acceptors (Lipinski definition) is 7. The van der Waals surface area contributed by atoms with Crippen LogP contribution in [0.2, 0.25) is 10.0 Å². The quantitative estimate of drug-likeness (QED) is 0.530. The van der Waals surface area contributed by atoms with Crippen LogP contribution in [0.5, 0.6) is 17.2 Å². The number of nitrogens with zero attached hydrogens (tertiary/aromatic N) is 2. The lowest BCUT2D eigenvalue weighted by Gasteiger charge is -2.39. The Morgan fingerprint density at radius 3 is 2.39 bits per heavy atom. The van der Waals surface area contributed by atoms with E-state index >= 15 is 0 Å². The molecule has 12 heteroatoms. The van der Waals surface area contributed by atoms with E-state index in [1.165, 1.54) is 37.3 Å². The Labute approximate surface area is 220 Å². The van der Waals surface area contributed by atoms with Crippen LogP contribution in [-0.2, 0) is 14.8 Å². The van der Waals surface area contributed by atoms with Crippen molar-refractivity contribution in [2.24, 2.45) is 0 Å². The fraction of sp³-hybridized carbons (Fsp3) is 0.458. The Morgan fingerprint density at radius 2 is 1.72 bits per heavy atom. The standard InChI is InChI=1S/C24H28Cl2N2O7S/c1-33-22-7-6-17(13-23(22)34-2)35-9-8-27-14-21(29)19-4-3-5-20(24(27)30)28(19)36(31,32)18-11-15(25)10-16(26)12-18/h6-7,10-13,19-21,29H,3-5,8-9,14H2,1-2H3. The number of aliphatic hydroxyl groups is 1. The zero-order chi connectivity index (χ0) is 26.0. The van der Waals surface area contributed by atoms with Gasteiger partial charge in [-0.15, -0.1) is 0 Å². The van der Waals surface area contributed by atoms with Crippen LogP contribution in [0.3, 0.4) is 0 Å². The third-order valence-electron chi connectivity index (χ3n) is 6.46. The normalized spacial score (nSPS) is 22.8. The molecule has 36 heavy (non-hydrogen) atoms. The van der Waals surface area contributed by atoms with Gasteiger partial charge in [0, 0.05) is 22.7 Å². The van der Waals surface area contributed by atoms with E-state index in [4.69, 9.17) is 37.4 Å². The van der Waals surface area contributed by atoms with Crippen molar-refractivity contribution in [2.75, 3.05) is 33.9 Å². The summed E-state index contributed by atoms with van der Waals surface area (Å²) < 4.78 is 44.8. The number of carbonyl (C=O) groups excluding carboxylic acids is 1. The molecule has 1 amide bonds. The average Bonchev–Trinajstić information content (AvgIpc) is 2.91. The van der Waals surface area contributed by atoms with Gasteiger partial charge in [0.15, 0.2) is 11.5 Å². The predicted molar refractivity (Wildman–Crippen MR) is 135 cm³/mol. The lowest BCUT2D eigenvalue weighted by Crippen LogP contribution is -2.55. The lowest BCUT2D eigenvalue weighted by molar-refractivity contribution is -0.135. The van der Waals surface area contributed by atoms with Crippen molar-refractivity contribution in [3.63, 3.8) is 0 Å². The molecule has 2 heterocycles. The molecular formula is C24H28Cl2N2O7S. The van der Waals surface area contributed by atoms with Gasteiger partial charge in [0.1, 0.15) is 18.4 Å². The van der Waals surface area contributed by atoms with E-state index in [1.54, 1.807) is 18.2 Å². The summed E-state index contributed by atoms with van der Waals surface area (Å²) in [6, 6.07) is 7.46. The summed E-state index contributed by atoms with van der Waals surface area (Å²) in [4.78, 5) is 14.9. The van der Waals surface area contributed by atoms with Crippen molar-refractivity contribution in [3.05, 3.63) is 46.4 Å². The molecule has 2 fully saturated rings. The van der Waals surface area contributed by atoms with Crippen LogP contribution in [0.15, 0.2) is 41.3 Å². The molecule has 0 spiro atoms. The third kappa shape index (κ3) is 5.38. The van der Waals surface area contributed by atoms with Crippen LogP contribution in [-0.4, -0.2) is 80.7 Å². The maximum absolute atomic E-state index is 13.6. The highest BCUT2D eigenvalue weighted by Gasteiger charge is 2.49. The number of carbonyl (C=O) groups is 1. The van der Waals surface area contributed by atoms with Gasteiger partial charge in [0.2, 0.25) is 15.9 Å². The van der Waals surface area contributed by atoms with E-state index in [2.05, 4.69) is 0 Å². The number of fused-ring (bicyclic) bond motifs is 2. The zero-order valence-electron chi connectivity index (χ0n) is 19.9. The predicted octanol–water partition coefficient (Wildman–Crippen LogP) is 3.20. The van der Waals surface area contributed by atoms with E-state index in [0.29, 0.717) is 36.5 Å². The lowest BCUT2D eigenvalue weighted by atomic mass is 9.96. The van der Waals surface area contributed by atoms with E-state index in [-0.39, 0.29) is 40.5 Å². The Kier molecular flexibility index (Phi) is 8.21. The molecule has 196 valence electrons. The van der Waals surface area contributed by atoms with Crippen molar-refractivity contribution in [1.82, 2.24) is 9.21 Å². The van der Waals surface area contributed by atoms with Gasteiger partial charge in [-0.25, -0.2) is 8.42 Å². The summed E-state index contributed by atoms with van der Waals surface area (Å²) in [6.07, 6.45) is 0.345. The van der Waals surface area contributed by atoms with Gasteiger partial charge < -0.3 is 24.2 Å². The van der Waals surface area contributed by atoms with Crippen molar-refractivity contribution < 1.29 is 32.5 Å². The van der Waals surface area contributed by atoms with E-state index in [9.17, 15) is 18.3 Å². The maximum atomic E-state index is 13.6. The fourth-order valence-corrected chi connectivity index (χ4v) is 7.36. The smallest absolute Gasteiger partial charge is 0.244 e. The van der Waals surface area contributed by atoms with Crippen LogP contribution < -0.4 is 14.2 Å². The number of aliphatic hydroxyl groups excluding tert-OH is 1. The highest BCUT2D eigenvalue weighted by Crippen LogP contribution is 2.36.